The number of allylic oxidation sites excluding steroid dienone is 3. The van der Waals surface area contributed by atoms with E-state index >= 15 is 0 Å². The largest absolute Gasteiger partial charge is 0.336 e. The molecule has 1 aliphatic rings. The lowest BCUT2D eigenvalue weighted by atomic mass is 10.0. The molecule has 0 atom stereocenters. The predicted molar refractivity (Wildman–Crippen MR) is 328 cm³/mol. The van der Waals surface area contributed by atoms with Gasteiger partial charge < -0.3 is 19.3 Å². The first kappa shape index (κ1) is 48.1. The van der Waals surface area contributed by atoms with Crippen LogP contribution < -0.4 is 14.7 Å². The number of fused-ring (bicyclic) bond motifs is 2. The van der Waals surface area contributed by atoms with Crippen LogP contribution in [-0.4, -0.2) is 11.1 Å². The number of aromatic nitrogens is 1. The second-order valence-electron chi connectivity index (χ2n) is 19.3. The van der Waals surface area contributed by atoms with Crippen LogP contribution in [0.1, 0.15) is 24.5 Å². The molecule has 1 aromatic heterocycles. The molecule has 0 aliphatic carbocycles. The van der Waals surface area contributed by atoms with Gasteiger partial charge in [-0.3, -0.25) is 0 Å². The minimum Gasteiger partial charge on any atom is -0.336 e. The van der Waals surface area contributed by atoms with Gasteiger partial charge in [0.2, 0.25) is 0 Å². The number of rotatable bonds is 15. The quantitative estimate of drug-likeness (QED) is 0.0952. The third-order valence-electron chi connectivity index (χ3n) is 14.5. The zero-order valence-electron chi connectivity index (χ0n) is 43.2. The highest BCUT2D eigenvalue weighted by Crippen LogP contribution is 2.43. The summed E-state index contributed by atoms with van der Waals surface area (Å²) in [5, 5.41) is 1.17. The van der Waals surface area contributed by atoms with E-state index in [1.54, 1.807) is 0 Å². The Balaban J connectivity index is 0.905. The molecular formula is C73H58N4. The van der Waals surface area contributed by atoms with Crippen molar-refractivity contribution in [2.24, 2.45) is 0 Å². The van der Waals surface area contributed by atoms with Crippen molar-refractivity contribution >= 4 is 56.7 Å². The lowest BCUT2D eigenvalue weighted by molar-refractivity contribution is 1.12. The van der Waals surface area contributed by atoms with Crippen LogP contribution in [0, 0.1) is 0 Å². The van der Waals surface area contributed by atoms with Gasteiger partial charge in [-0.25, -0.2) is 0 Å². The number of anilines is 6. The van der Waals surface area contributed by atoms with Gasteiger partial charge in [0, 0.05) is 80.5 Å². The zero-order valence-corrected chi connectivity index (χ0v) is 43.2. The van der Waals surface area contributed by atoms with Crippen LogP contribution in [0.15, 0.2) is 309 Å². The van der Waals surface area contributed by atoms with E-state index in [-0.39, 0.29) is 0 Å². The van der Waals surface area contributed by atoms with Gasteiger partial charge >= 0.3 is 0 Å². The first-order valence-corrected chi connectivity index (χ1v) is 26.5. The Morgan fingerprint density at radius 2 is 0.857 bits per heavy atom. The Labute approximate surface area is 453 Å². The van der Waals surface area contributed by atoms with Crippen LogP contribution in [0.5, 0.6) is 0 Å². The van der Waals surface area contributed by atoms with E-state index < -0.39 is 0 Å². The molecule has 0 bridgehead atoms. The molecule has 1 aliphatic heterocycles. The summed E-state index contributed by atoms with van der Waals surface area (Å²) in [5.41, 5.74) is 21.7. The maximum atomic E-state index is 4.41. The standard InChI is InChI=1S/C73H58N4/c1-3-21-69(51-61-53-75(64-28-15-8-16-29-64)73-33-20-18-31-71(61)73)77(67-46-36-57(37-47-67)55-24-11-6-12-25-55)68-48-40-59(41-49-68)58-38-44-66(45-39-58)76(65-42-34-56(35-43-65)54-22-9-5-10-23-54)62(4-2)50-60-52-74(63-26-13-7-14-27-63)72-32-19-17-30-70(60)72/h4-52H,2-3,53H2,1H3/b61-51+,62-50+,69-21+. The van der Waals surface area contributed by atoms with Gasteiger partial charge in [0.15, 0.2) is 0 Å². The van der Waals surface area contributed by atoms with E-state index in [4.69, 9.17) is 0 Å². The fraction of sp³-hybridized carbons (Fsp3) is 0.0411. The second-order valence-corrected chi connectivity index (χ2v) is 19.3. The summed E-state index contributed by atoms with van der Waals surface area (Å²) in [6.45, 7) is 7.41. The van der Waals surface area contributed by atoms with E-state index in [2.05, 4.69) is 324 Å². The highest BCUT2D eigenvalue weighted by atomic mass is 15.2. The Morgan fingerprint density at radius 3 is 1.35 bits per heavy atom. The highest BCUT2D eigenvalue weighted by Gasteiger charge is 2.26. The third-order valence-corrected chi connectivity index (χ3v) is 14.5. The van der Waals surface area contributed by atoms with E-state index in [0.29, 0.717) is 0 Å². The Morgan fingerprint density at radius 1 is 0.442 bits per heavy atom. The van der Waals surface area contributed by atoms with Gasteiger partial charge in [-0.15, -0.1) is 0 Å². The number of nitrogens with zero attached hydrogens (tertiary/aromatic N) is 4. The minimum absolute atomic E-state index is 0.777. The molecular weight excluding hydrogens is 933 g/mol. The van der Waals surface area contributed by atoms with Crippen molar-refractivity contribution in [3.05, 3.63) is 320 Å². The molecule has 0 fully saturated rings. The number of benzene rings is 10. The Hall–Kier alpha value is -9.90. The van der Waals surface area contributed by atoms with Gasteiger partial charge in [-0.05, 0) is 149 Å². The zero-order chi connectivity index (χ0) is 51.9. The maximum Gasteiger partial charge on any atom is 0.0534 e. The van der Waals surface area contributed by atoms with E-state index in [1.165, 1.54) is 50.2 Å². The van der Waals surface area contributed by atoms with Gasteiger partial charge in [-0.2, -0.15) is 0 Å². The van der Waals surface area contributed by atoms with Crippen LogP contribution in [0.4, 0.5) is 34.1 Å². The molecule has 2 heterocycles. The van der Waals surface area contributed by atoms with Crippen LogP contribution >= 0.6 is 0 Å². The molecule has 10 aromatic carbocycles. The summed E-state index contributed by atoms with van der Waals surface area (Å²) >= 11 is 0. The Bertz CT molecular complexity index is 3890. The van der Waals surface area contributed by atoms with Crippen molar-refractivity contribution in [1.29, 1.82) is 0 Å². The van der Waals surface area contributed by atoms with Crippen LogP contribution in [-0.2, 0) is 0 Å². The van der Waals surface area contributed by atoms with Crippen molar-refractivity contribution < 1.29 is 0 Å². The van der Waals surface area contributed by atoms with Gasteiger partial charge in [0.1, 0.15) is 0 Å². The number of hydrogen-bond donors (Lipinski definition) is 0. The predicted octanol–water partition coefficient (Wildman–Crippen LogP) is 19.7. The number of para-hydroxylation sites is 4. The summed E-state index contributed by atoms with van der Waals surface area (Å²) in [6.07, 6.45) is 12.1. The van der Waals surface area contributed by atoms with Crippen molar-refractivity contribution in [3.63, 3.8) is 0 Å². The molecule has 0 saturated heterocycles. The van der Waals surface area contributed by atoms with Crippen LogP contribution in [0.25, 0.3) is 61.6 Å². The second kappa shape index (κ2) is 21.9. The van der Waals surface area contributed by atoms with Crippen LogP contribution in [0.2, 0.25) is 0 Å². The van der Waals surface area contributed by atoms with E-state index in [1.807, 2.05) is 6.08 Å². The van der Waals surface area contributed by atoms with E-state index in [0.717, 1.165) is 75.0 Å². The summed E-state index contributed by atoms with van der Waals surface area (Å²) in [7, 11) is 0. The normalized spacial score (nSPS) is 12.9. The lowest BCUT2D eigenvalue weighted by Crippen LogP contribution is -2.16. The molecule has 0 unspecified atom stereocenters. The summed E-state index contributed by atoms with van der Waals surface area (Å²) in [6, 6.07) is 95.6. The average Bonchev–Trinajstić information content (AvgIpc) is 4.09. The fourth-order valence-electron chi connectivity index (χ4n) is 10.8. The Kier molecular flexibility index (Phi) is 13.7. The molecule has 370 valence electrons. The minimum atomic E-state index is 0.777. The lowest BCUT2D eigenvalue weighted by Gasteiger charge is -2.28. The van der Waals surface area contributed by atoms with Crippen LogP contribution in [0.3, 0.4) is 0 Å². The van der Waals surface area contributed by atoms with Crippen molar-refractivity contribution in [1.82, 2.24) is 4.57 Å². The van der Waals surface area contributed by atoms with E-state index in [9.17, 15) is 0 Å². The highest BCUT2D eigenvalue weighted by molar-refractivity contribution is 5.94. The molecule has 0 spiro atoms. The van der Waals surface area contributed by atoms with Gasteiger partial charge in [-0.1, -0.05) is 202 Å². The molecule has 77 heavy (non-hydrogen) atoms. The topological polar surface area (TPSA) is 14.7 Å². The van der Waals surface area contributed by atoms with Crippen molar-refractivity contribution in [3.8, 4) is 39.1 Å². The average molecular weight is 991 g/mol. The number of hydrogen-bond acceptors (Lipinski definition) is 3. The third kappa shape index (κ3) is 9.96. The van der Waals surface area contributed by atoms with Crippen molar-refractivity contribution in [2.45, 2.75) is 13.3 Å². The molecule has 0 radical (unpaired) electrons. The monoisotopic (exact) mass is 990 g/mol. The molecule has 4 nitrogen and oxygen atoms in total. The summed E-state index contributed by atoms with van der Waals surface area (Å²) < 4.78 is 2.27. The van der Waals surface area contributed by atoms with Gasteiger partial charge in [0.25, 0.3) is 0 Å². The first-order valence-electron chi connectivity index (χ1n) is 26.5. The molecule has 0 amide bonds. The summed E-state index contributed by atoms with van der Waals surface area (Å²) in [5.74, 6) is 0. The molecule has 11 aromatic rings. The van der Waals surface area contributed by atoms with Gasteiger partial charge in [0.05, 0.1) is 5.52 Å². The molecule has 12 rings (SSSR count). The maximum absolute atomic E-state index is 4.41. The first-order chi connectivity index (χ1) is 38.1. The summed E-state index contributed by atoms with van der Waals surface area (Å²) in [4.78, 5) is 7.14. The smallest absolute Gasteiger partial charge is 0.0534 e. The molecule has 0 N–H and O–H groups in total. The molecule has 4 heteroatoms. The van der Waals surface area contributed by atoms with Crippen molar-refractivity contribution in [2.75, 3.05) is 21.2 Å². The molecule has 0 saturated carbocycles. The SMILES string of the molecule is C=C/C(=C\c1cn(-c2ccccc2)c2ccccc12)N(c1ccc(-c2ccccc2)cc1)c1ccc(-c2ccc(N(C(/C=C3\CN(c4ccccc4)c4ccccc43)=C/CC)c3ccc(-c4ccccc4)cc3)cc2)cc1. The fourth-order valence-corrected chi connectivity index (χ4v) is 10.8.